The molecule has 15 heavy (non-hydrogen) atoms. The first kappa shape index (κ1) is 12.1. The summed E-state index contributed by atoms with van der Waals surface area (Å²) >= 11 is 0. The van der Waals surface area contributed by atoms with Gasteiger partial charge >= 0.3 is 6.18 Å². The molecule has 0 heterocycles. The van der Waals surface area contributed by atoms with Gasteiger partial charge in [0.05, 0.1) is 5.41 Å². The lowest BCUT2D eigenvalue weighted by Crippen LogP contribution is -2.34. The van der Waals surface area contributed by atoms with Crippen molar-refractivity contribution in [3.05, 3.63) is 35.4 Å². The molecule has 0 radical (unpaired) electrons. The minimum absolute atomic E-state index is 0.0246. The fourth-order valence-corrected chi connectivity index (χ4v) is 1.32. The average Bonchev–Trinajstić information content (AvgIpc) is 2.06. The zero-order valence-electron chi connectivity index (χ0n) is 9.15. The van der Waals surface area contributed by atoms with Gasteiger partial charge in [0.2, 0.25) is 0 Å². The Hall–Kier alpha value is -0.990. The van der Waals surface area contributed by atoms with Gasteiger partial charge in [0, 0.05) is 0 Å². The monoisotopic (exact) mass is 216 g/mol. The molecule has 1 aromatic carbocycles. The van der Waals surface area contributed by atoms with E-state index in [0.717, 1.165) is 11.1 Å². The van der Waals surface area contributed by atoms with Crippen molar-refractivity contribution in [2.75, 3.05) is 0 Å². The molecule has 0 saturated carbocycles. The molecular weight excluding hydrogens is 201 g/mol. The summed E-state index contributed by atoms with van der Waals surface area (Å²) in [5.74, 6) is 0. The van der Waals surface area contributed by atoms with Crippen LogP contribution in [0.2, 0.25) is 0 Å². The summed E-state index contributed by atoms with van der Waals surface area (Å²) in [5, 5.41) is 0. The van der Waals surface area contributed by atoms with E-state index in [1.807, 2.05) is 19.1 Å². The zero-order valence-corrected chi connectivity index (χ0v) is 9.15. The number of aryl methyl sites for hydroxylation is 1. The van der Waals surface area contributed by atoms with Crippen LogP contribution in [0.4, 0.5) is 13.2 Å². The predicted molar refractivity (Wildman–Crippen MR) is 54.7 cm³/mol. The maximum absolute atomic E-state index is 12.6. The van der Waals surface area contributed by atoms with Crippen LogP contribution in [0.5, 0.6) is 0 Å². The van der Waals surface area contributed by atoms with E-state index in [0.29, 0.717) is 0 Å². The van der Waals surface area contributed by atoms with E-state index in [4.69, 9.17) is 0 Å². The van der Waals surface area contributed by atoms with Gasteiger partial charge in [-0.05, 0) is 18.9 Å². The fourth-order valence-electron chi connectivity index (χ4n) is 1.32. The first-order chi connectivity index (χ1) is 6.72. The van der Waals surface area contributed by atoms with Crippen molar-refractivity contribution in [2.45, 2.75) is 33.4 Å². The first-order valence-electron chi connectivity index (χ1n) is 4.85. The van der Waals surface area contributed by atoms with E-state index >= 15 is 0 Å². The van der Waals surface area contributed by atoms with Crippen molar-refractivity contribution >= 4 is 0 Å². The largest absolute Gasteiger partial charge is 0.394 e. The Morgan fingerprint density at radius 2 is 1.47 bits per heavy atom. The number of benzene rings is 1. The van der Waals surface area contributed by atoms with Crippen LogP contribution in [0.3, 0.4) is 0 Å². The maximum atomic E-state index is 12.6. The Labute approximate surface area is 88.1 Å². The highest BCUT2D eigenvalue weighted by Crippen LogP contribution is 2.40. The average molecular weight is 216 g/mol. The third kappa shape index (κ3) is 2.98. The van der Waals surface area contributed by atoms with Crippen LogP contribution >= 0.6 is 0 Å². The van der Waals surface area contributed by atoms with E-state index in [1.54, 1.807) is 12.1 Å². The molecular formula is C12H15F3. The lowest BCUT2D eigenvalue weighted by Gasteiger charge is -2.27. The predicted octanol–water partition coefficient (Wildman–Crippen LogP) is 4.13. The molecule has 0 N–H and O–H groups in total. The van der Waals surface area contributed by atoms with Crippen LogP contribution in [0.15, 0.2) is 24.3 Å². The Bertz CT molecular complexity index is 320. The second kappa shape index (κ2) is 3.87. The molecule has 0 nitrogen and oxygen atoms in total. The molecule has 0 unspecified atom stereocenters. The summed E-state index contributed by atoms with van der Waals surface area (Å²) in [6.07, 6.45) is -4.13. The minimum atomic E-state index is -4.15. The van der Waals surface area contributed by atoms with Gasteiger partial charge in [-0.3, -0.25) is 0 Å². The maximum Gasteiger partial charge on any atom is 0.394 e. The van der Waals surface area contributed by atoms with Crippen molar-refractivity contribution in [3.63, 3.8) is 0 Å². The van der Waals surface area contributed by atoms with Crippen LogP contribution in [0, 0.1) is 12.3 Å². The normalized spacial score (nSPS) is 12.9. The highest BCUT2D eigenvalue weighted by molar-refractivity contribution is 5.22. The standard InChI is InChI=1S/C12H15F3/c1-9-4-6-10(7-5-9)8-11(2,3)12(13,14)15/h4-7H,8H2,1-3H3. The van der Waals surface area contributed by atoms with Crippen molar-refractivity contribution in [3.8, 4) is 0 Å². The minimum Gasteiger partial charge on any atom is -0.171 e. The first-order valence-corrected chi connectivity index (χ1v) is 4.85. The lowest BCUT2D eigenvalue weighted by atomic mass is 9.85. The molecule has 84 valence electrons. The molecule has 0 amide bonds. The highest BCUT2D eigenvalue weighted by atomic mass is 19.4. The molecule has 0 aliphatic heterocycles. The third-order valence-electron chi connectivity index (χ3n) is 2.53. The molecule has 0 aliphatic rings. The molecule has 1 rings (SSSR count). The molecule has 0 aliphatic carbocycles. The van der Waals surface area contributed by atoms with Crippen LogP contribution in [-0.2, 0) is 6.42 Å². The molecule has 0 atom stereocenters. The number of halogens is 3. The van der Waals surface area contributed by atoms with Gasteiger partial charge in [0.1, 0.15) is 0 Å². The molecule has 0 fully saturated rings. The Morgan fingerprint density at radius 3 is 1.87 bits per heavy atom. The molecule has 3 heteroatoms. The summed E-state index contributed by atoms with van der Waals surface area (Å²) < 4.78 is 37.8. The van der Waals surface area contributed by atoms with Crippen molar-refractivity contribution in [2.24, 2.45) is 5.41 Å². The SMILES string of the molecule is Cc1ccc(CC(C)(C)C(F)(F)F)cc1. The Balaban J connectivity index is 2.82. The van der Waals surface area contributed by atoms with Crippen LogP contribution in [0.1, 0.15) is 25.0 Å². The van der Waals surface area contributed by atoms with Crippen LogP contribution in [-0.4, -0.2) is 6.18 Å². The second-order valence-corrected chi connectivity index (χ2v) is 4.54. The number of rotatable bonds is 2. The Kier molecular flexibility index (Phi) is 3.12. The van der Waals surface area contributed by atoms with E-state index < -0.39 is 11.6 Å². The fraction of sp³-hybridized carbons (Fsp3) is 0.500. The van der Waals surface area contributed by atoms with Crippen molar-refractivity contribution in [1.29, 1.82) is 0 Å². The smallest absolute Gasteiger partial charge is 0.171 e. The van der Waals surface area contributed by atoms with Crippen molar-refractivity contribution in [1.82, 2.24) is 0 Å². The van der Waals surface area contributed by atoms with Gasteiger partial charge in [-0.15, -0.1) is 0 Å². The highest BCUT2D eigenvalue weighted by Gasteiger charge is 2.46. The molecule has 0 saturated heterocycles. The third-order valence-corrected chi connectivity index (χ3v) is 2.53. The summed E-state index contributed by atoms with van der Waals surface area (Å²) in [5.41, 5.74) is 0.119. The van der Waals surface area contributed by atoms with Crippen molar-refractivity contribution < 1.29 is 13.2 Å². The summed E-state index contributed by atoms with van der Waals surface area (Å²) in [6.45, 7) is 4.37. The van der Waals surface area contributed by atoms with Crippen LogP contribution in [0.25, 0.3) is 0 Å². The van der Waals surface area contributed by atoms with Gasteiger partial charge in [-0.2, -0.15) is 13.2 Å². The molecule has 1 aromatic rings. The Morgan fingerprint density at radius 1 is 1.00 bits per heavy atom. The van der Waals surface area contributed by atoms with Crippen LogP contribution < -0.4 is 0 Å². The summed E-state index contributed by atoms with van der Waals surface area (Å²) in [6, 6.07) is 7.18. The van der Waals surface area contributed by atoms with Gasteiger partial charge in [0.25, 0.3) is 0 Å². The number of hydrogen-bond donors (Lipinski definition) is 0. The number of alkyl halides is 3. The summed E-state index contributed by atoms with van der Waals surface area (Å²) in [4.78, 5) is 0. The van der Waals surface area contributed by atoms with Gasteiger partial charge in [-0.1, -0.05) is 43.7 Å². The van der Waals surface area contributed by atoms with E-state index in [-0.39, 0.29) is 6.42 Å². The van der Waals surface area contributed by atoms with E-state index in [9.17, 15) is 13.2 Å². The lowest BCUT2D eigenvalue weighted by molar-refractivity contribution is -0.211. The molecule has 0 bridgehead atoms. The number of hydrogen-bond acceptors (Lipinski definition) is 0. The topological polar surface area (TPSA) is 0 Å². The zero-order chi connectivity index (χ0) is 11.7. The van der Waals surface area contributed by atoms with Gasteiger partial charge < -0.3 is 0 Å². The van der Waals surface area contributed by atoms with E-state index in [2.05, 4.69) is 0 Å². The summed E-state index contributed by atoms with van der Waals surface area (Å²) in [7, 11) is 0. The molecule has 0 spiro atoms. The van der Waals surface area contributed by atoms with E-state index in [1.165, 1.54) is 13.8 Å². The van der Waals surface area contributed by atoms with Gasteiger partial charge in [0.15, 0.2) is 0 Å². The second-order valence-electron chi connectivity index (χ2n) is 4.54. The molecule has 0 aromatic heterocycles. The van der Waals surface area contributed by atoms with Gasteiger partial charge in [-0.25, -0.2) is 0 Å². The quantitative estimate of drug-likeness (QED) is 0.697.